The first-order valence-electron chi connectivity index (χ1n) is 9.00. The molecular formula is C20H21ClFN3O2S. The molecule has 0 unspecified atom stereocenters. The lowest BCUT2D eigenvalue weighted by molar-refractivity contribution is 0.218. The van der Waals surface area contributed by atoms with Gasteiger partial charge in [-0.3, -0.25) is 0 Å². The van der Waals surface area contributed by atoms with E-state index in [9.17, 15) is 12.8 Å². The first kappa shape index (κ1) is 20.7. The summed E-state index contributed by atoms with van der Waals surface area (Å²) >= 11 is 6.28. The Balaban J connectivity index is 1.83. The molecule has 1 fully saturated rings. The molecule has 0 amide bonds. The van der Waals surface area contributed by atoms with E-state index in [2.05, 4.69) is 23.6 Å². The van der Waals surface area contributed by atoms with Crippen LogP contribution in [-0.4, -0.2) is 19.4 Å². The molecule has 0 spiro atoms. The highest BCUT2D eigenvalue weighted by molar-refractivity contribution is 7.89. The number of pyridine rings is 1. The van der Waals surface area contributed by atoms with Crippen LogP contribution in [-0.2, 0) is 10.0 Å². The summed E-state index contributed by atoms with van der Waals surface area (Å²) < 4.78 is 41.7. The van der Waals surface area contributed by atoms with Crippen LogP contribution in [0.25, 0.3) is 11.3 Å². The molecule has 2 aromatic rings. The van der Waals surface area contributed by atoms with E-state index in [0.717, 1.165) is 31.7 Å². The molecule has 1 aromatic carbocycles. The van der Waals surface area contributed by atoms with Gasteiger partial charge >= 0.3 is 0 Å². The maximum Gasteiger partial charge on any atom is 0.240 e. The topological polar surface area (TPSA) is 82.9 Å². The van der Waals surface area contributed by atoms with E-state index in [1.54, 1.807) is 6.07 Å². The quantitative estimate of drug-likeness (QED) is 0.778. The van der Waals surface area contributed by atoms with E-state index in [1.807, 2.05) is 0 Å². The monoisotopic (exact) mass is 421 g/mol. The van der Waals surface area contributed by atoms with Gasteiger partial charge in [-0.1, -0.05) is 25.4 Å². The lowest BCUT2D eigenvalue weighted by atomic mass is 9.76. The van der Waals surface area contributed by atoms with Crippen LogP contribution in [0.4, 0.5) is 4.39 Å². The van der Waals surface area contributed by atoms with Gasteiger partial charge in [0.05, 0.1) is 15.6 Å². The van der Waals surface area contributed by atoms with Crippen LogP contribution < -0.4 is 4.72 Å². The summed E-state index contributed by atoms with van der Waals surface area (Å²) in [5, 5.41) is 9.09. The molecule has 1 N–H and O–H groups in total. The smallest absolute Gasteiger partial charge is 0.234 e. The molecule has 1 aliphatic carbocycles. The minimum absolute atomic E-state index is 0.0636. The zero-order valence-corrected chi connectivity index (χ0v) is 17.2. The molecule has 1 aliphatic rings. The number of nitrogens with zero attached hydrogens (tertiary/aromatic N) is 2. The highest BCUT2D eigenvalue weighted by Crippen LogP contribution is 2.36. The minimum atomic E-state index is -3.71. The Morgan fingerprint density at radius 3 is 2.54 bits per heavy atom. The Hall–Kier alpha value is -2.01. The summed E-state index contributed by atoms with van der Waals surface area (Å²) in [5.41, 5.74) is 0.634. The fourth-order valence-corrected chi connectivity index (χ4v) is 5.02. The number of hydrogen-bond acceptors (Lipinski definition) is 4. The van der Waals surface area contributed by atoms with Gasteiger partial charge in [0, 0.05) is 11.6 Å². The highest BCUT2D eigenvalue weighted by Gasteiger charge is 2.29. The van der Waals surface area contributed by atoms with Crippen molar-refractivity contribution in [1.29, 1.82) is 5.26 Å². The van der Waals surface area contributed by atoms with E-state index in [0.29, 0.717) is 11.3 Å². The fraction of sp³-hybridized carbons (Fsp3) is 0.400. The van der Waals surface area contributed by atoms with Gasteiger partial charge in [-0.15, -0.1) is 0 Å². The summed E-state index contributed by atoms with van der Waals surface area (Å²) in [6, 6.07) is 8.42. The van der Waals surface area contributed by atoms with E-state index in [4.69, 9.17) is 16.9 Å². The summed E-state index contributed by atoms with van der Waals surface area (Å²) in [7, 11) is -3.71. The molecule has 0 bridgehead atoms. The summed E-state index contributed by atoms with van der Waals surface area (Å²) in [5.74, 6) is -0.721. The lowest BCUT2D eigenvalue weighted by Crippen LogP contribution is -2.39. The second-order valence-corrected chi connectivity index (χ2v) is 9.96. The molecular weight excluding hydrogens is 401 g/mol. The number of benzene rings is 1. The van der Waals surface area contributed by atoms with Crippen LogP contribution in [0.5, 0.6) is 0 Å². The van der Waals surface area contributed by atoms with Crippen LogP contribution in [0.3, 0.4) is 0 Å². The standard InChI is InChI=1S/C20H21ClFN3O2S/c1-20(2)9-7-13(8-10-20)25-28(26,27)14-3-4-15(16(21)11-14)18-6-5-17(22)19(12-23)24-18/h3-6,11,13,25H,7-10H2,1-2H3. The molecule has 148 valence electrons. The third-order valence-corrected chi connectivity index (χ3v) is 6.97. The van der Waals surface area contributed by atoms with Crippen LogP contribution in [0.15, 0.2) is 35.2 Å². The van der Waals surface area contributed by atoms with Crippen molar-refractivity contribution in [2.75, 3.05) is 0 Å². The second kappa shape index (κ2) is 7.78. The second-order valence-electron chi connectivity index (χ2n) is 7.84. The van der Waals surface area contributed by atoms with Gasteiger partial charge in [0.1, 0.15) is 6.07 Å². The third kappa shape index (κ3) is 4.52. The van der Waals surface area contributed by atoms with Crippen molar-refractivity contribution in [3.8, 4) is 17.3 Å². The van der Waals surface area contributed by atoms with Crippen molar-refractivity contribution in [3.05, 3.63) is 46.9 Å². The average Bonchev–Trinajstić information content (AvgIpc) is 2.64. The van der Waals surface area contributed by atoms with Crippen molar-refractivity contribution < 1.29 is 12.8 Å². The molecule has 1 heterocycles. The molecule has 1 saturated carbocycles. The van der Waals surface area contributed by atoms with Crippen LogP contribution in [0, 0.1) is 22.6 Å². The number of nitriles is 1. The van der Waals surface area contributed by atoms with Crippen molar-refractivity contribution in [2.45, 2.75) is 50.5 Å². The first-order chi connectivity index (χ1) is 13.1. The number of hydrogen-bond donors (Lipinski definition) is 1. The summed E-state index contributed by atoms with van der Waals surface area (Å²) in [4.78, 5) is 4.00. The Kier molecular flexibility index (Phi) is 5.76. The Morgan fingerprint density at radius 2 is 1.93 bits per heavy atom. The maximum atomic E-state index is 13.5. The molecule has 0 atom stereocenters. The highest BCUT2D eigenvalue weighted by atomic mass is 35.5. The van der Waals surface area contributed by atoms with Gasteiger partial charge in [0.25, 0.3) is 0 Å². The van der Waals surface area contributed by atoms with Gasteiger partial charge in [0.2, 0.25) is 10.0 Å². The summed E-state index contributed by atoms with van der Waals surface area (Å²) in [6.07, 6.45) is 3.54. The molecule has 0 aliphatic heterocycles. The molecule has 28 heavy (non-hydrogen) atoms. The Bertz CT molecular complexity index is 1040. The molecule has 1 aromatic heterocycles. The predicted octanol–water partition coefficient (Wildman–Crippen LogP) is 4.66. The van der Waals surface area contributed by atoms with E-state index >= 15 is 0 Å². The third-order valence-electron chi connectivity index (χ3n) is 5.14. The minimum Gasteiger partial charge on any atom is -0.234 e. The van der Waals surface area contributed by atoms with Crippen molar-refractivity contribution in [1.82, 2.24) is 9.71 Å². The average molecular weight is 422 g/mol. The molecule has 5 nitrogen and oxygen atoms in total. The first-order valence-corrected chi connectivity index (χ1v) is 10.9. The zero-order valence-electron chi connectivity index (χ0n) is 15.7. The predicted molar refractivity (Wildman–Crippen MR) is 106 cm³/mol. The SMILES string of the molecule is CC1(C)CCC(NS(=O)(=O)c2ccc(-c3ccc(F)c(C#N)n3)c(Cl)c2)CC1. The van der Waals surface area contributed by atoms with E-state index < -0.39 is 15.8 Å². The number of aromatic nitrogens is 1. The van der Waals surface area contributed by atoms with Gasteiger partial charge in [-0.05, 0) is 61.4 Å². The lowest BCUT2D eigenvalue weighted by Gasteiger charge is -2.34. The van der Waals surface area contributed by atoms with Gasteiger partial charge < -0.3 is 0 Å². The molecule has 3 rings (SSSR count). The molecule has 8 heteroatoms. The van der Waals surface area contributed by atoms with Crippen molar-refractivity contribution in [2.24, 2.45) is 5.41 Å². The zero-order chi connectivity index (χ0) is 20.5. The van der Waals surface area contributed by atoms with Gasteiger partial charge in [-0.2, -0.15) is 5.26 Å². The fourth-order valence-electron chi connectivity index (χ4n) is 3.35. The maximum absolute atomic E-state index is 13.5. The Labute approximate surface area is 169 Å². The van der Waals surface area contributed by atoms with E-state index in [1.165, 1.54) is 24.3 Å². The van der Waals surface area contributed by atoms with Gasteiger partial charge in [0.15, 0.2) is 11.5 Å². The van der Waals surface area contributed by atoms with Crippen LogP contribution in [0.1, 0.15) is 45.2 Å². The number of sulfonamides is 1. The number of halogens is 2. The largest absolute Gasteiger partial charge is 0.240 e. The Morgan fingerprint density at radius 1 is 1.25 bits per heavy atom. The van der Waals surface area contributed by atoms with E-state index in [-0.39, 0.29) is 27.1 Å². The van der Waals surface area contributed by atoms with Gasteiger partial charge in [-0.25, -0.2) is 22.5 Å². The van der Waals surface area contributed by atoms with Crippen LogP contribution >= 0.6 is 11.6 Å². The molecule has 0 saturated heterocycles. The summed E-state index contributed by atoms with van der Waals surface area (Å²) in [6.45, 7) is 4.38. The number of rotatable bonds is 4. The normalized spacial score (nSPS) is 17.2. The van der Waals surface area contributed by atoms with Crippen molar-refractivity contribution in [3.63, 3.8) is 0 Å². The molecule has 0 radical (unpaired) electrons. The number of nitrogens with one attached hydrogen (secondary N) is 1. The van der Waals surface area contributed by atoms with Crippen LogP contribution in [0.2, 0.25) is 5.02 Å². The van der Waals surface area contributed by atoms with Crippen molar-refractivity contribution >= 4 is 21.6 Å².